The van der Waals surface area contributed by atoms with E-state index in [1.807, 2.05) is 13.8 Å². The summed E-state index contributed by atoms with van der Waals surface area (Å²) < 4.78 is 1.69. The van der Waals surface area contributed by atoms with Gasteiger partial charge in [0, 0.05) is 23.7 Å². The molecule has 1 N–H and O–H groups in total. The van der Waals surface area contributed by atoms with Gasteiger partial charge in [0.05, 0.1) is 0 Å². The highest BCUT2D eigenvalue weighted by molar-refractivity contribution is 5.87. The predicted octanol–water partition coefficient (Wildman–Crippen LogP) is 2.54. The topological polar surface area (TPSA) is 55.1 Å². The number of carboxylic acid groups (broad SMARTS) is 1. The average molecular weight is 224 g/mol. The molecule has 90 valence electrons. The van der Waals surface area contributed by atoms with Gasteiger partial charge in [0.25, 0.3) is 0 Å². The maximum Gasteiger partial charge on any atom is 0.356 e. The van der Waals surface area contributed by atoms with Gasteiger partial charge < -0.3 is 5.11 Å². The summed E-state index contributed by atoms with van der Waals surface area (Å²) in [6, 6.07) is 0. The fourth-order valence-corrected chi connectivity index (χ4v) is 2.13. The van der Waals surface area contributed by atoms with Crippen molar-refractivity contribution in [2.75, 3.05) is 0 Å². The van der Waals surface area contributed by atoms with Crippen LogP contribution >= 0.6 is 0 Å². The summed E-state index contributed by atoms with van der Waals surface area (Å²) in [5, 5.41) is 13.3. The van der Waals surface area contributed by atoms with Crippen molar-refractivity contribution in [3.05, 3.63) is 17.0 Å². The summed E-state index contributed by atoms with van der Waals surface area (Å²) >= 11 is 0. The third-order valence-electron chi connectivity index (χ3n) is 2.57. The normalized spacial score (nSPS) is 12.2. The summed E-state index contributed by atoms with van der Waals surface area (Å²) in [6.45, 7) is 10.2. The number of aryl methyl sites for hydroxylation is 1. The van der Waals surface area contributed by atoms with E-state index in [2.05, 4.69) is 25.9 Å². The molecule has 1 heterocycles. The molecule has 0 saturated heterocycles. The fourth-order valence-electron chi connectivity index (χ4n) is 2.13. The van der Waals surface area contributed by atoms with Crippen LogP contribution in [0.15, 0.2) is 0 Å². The Kier molecular flexibility index (Phi) is 3.13. The number of rotatable bonds is 2. The van der Waals surface area contributed by atoms with Crippen LogP contribution in [-0.2, 0) is 12.5 Å². The molecule has 0 aliphatic heterocycles. The molecule has 0 fully saturated rings. The van der Waals surface area contributed by atoms with Crippen molar-refractivity contribution in [3.8, 4) is 0 Å². The minimum absolute atomic E-state index is 0.102. The summed E-state index contributed by atoms with van der Waals surface area (Å²) in [5.41, 5.74) is 1.93. The smallest absolute Gasteiger partial charge is 0.356 e. The molecular weight excluding hydrogens is 204 g/mol. The molecule has 0 aliphatic rings. The van der Waals surface area contributed by atoms with Gasteiger partial charge in [-0.05, 0) is 5.92 Å². The first-order valence-corrected chi connectivity index (χ1v) is 5.47. The Morgan fingerprint density at radius 1 is 1.38 bits per heavy atom. The van der Waals surface area contributed by atoms with Gasteiger partial charge in [-0.3, -0.25) is 4.68 Å². The first-order valence-electron chi connectivity index (χ1n) is 5.47. The van der Waals surface area contributed by atoms with Crippen LogP contribution in [0.25, 0.3) is 0 Å². The van der Waals surface area contributed by atoms with E-state index in [4.69, 9.17) is 5.11 Å². The summed E-state index contributed by atoms with van der Waals surface area (Å²) in [4.78, 5) is 11.1. The SMILES string of the molecule is CC(C)c1c(C(=O)O)nn(C)c1C(C)(C)C. The Labute approximate surface area is 96.3 Å². The Morgan fingerprint density at radius 2 is 1.88 bits per heavy atom. The van der Waals surface area contributed by atoms with Gasteiger partial charge in [0.1, 0.15) is 0 Å². The largest absolute Gasteiger partial charge is 0.476 e. The lowest BCUT2D eigenvalue weighted by Crippen LogP contribution is -2.19. The van der Waals surface area contributed by atoms with Crippen molar-refractivity contribution >= 4 is 5.97 Å². The highest BCUT2D eigenvalue weighted by atomic mass is 16.4. The van der Waals surface area contributed by atoms with Gasteiger partial charge in [-0.15, -0.1) is 0 Å². The minimum atomic E-state index is -0.949. The number of carbonyl (C=O) groups is 1. The van der Waals surface area contributed by atoms with E-state index < -0.39 is 5.97 Å². The zero-order valence-electron chi connectivity index (χ0n) is 10.8. The van der Waals surface area contributed by atoms with Crippen LogP contribution in [0, 0.1) is 0 Å². The molecule has 0 aliphatic carbocycles. The number of nitrogens with zero attached hydrogens (tertiary/aromatic N) is 2. The highest BCUT2D eigenvalue weighted by Gasteiger charge is 2.29. The number of aromatic nitrogens is 2. The lowest BCUT2D eigenvalue weighted by atomic mass is 9.85. The van der Waals surface area contributed by atoms with Crippen LogP contribution in [0.3, 0.4) is 0 Å². The summed E-state index contributed by atoms with van der Waals surface area (Å²) in [5.74, 6) is -0.788. The maximum atomic E-state index is 11.1. The van der Waals surface area contributed by atoms with E-state index >= 15 is 0 Å². The van der Waals surface area contributed by atoms with Crippen LogP contribution in [0.5, 0.6) is 0 Å². The molecule has 0 spiro atoms. The molecule has 16 heavy (non-hydrogen) atoms. The van der Waals surface area contributed by atoms with E-state index in [0.717, 1.165) is 11.3 Å². The molecule has 0 aromatic carbocycles. The molecule has 0 amide bonds. The van der Waals surface area contributed by atoms with Gasteiger partial charge in [0.15, 0.2) is 5.69 Å². The van der Waals surface area contributed by atoms with Crippen LogP contribution in [0.2, 0.25) is 0 Å². The number of hydrogen-bond acceptors (Lipinski definition) is 2. The Hall–Kier alpha value is -1.32. The Balaban J connectivity index is 3.55. The van der Waals surface area contributed by atoms with Crippen LogP contribution in [0.1, 0.15) is 62.3 Å². The first-order chi connectivity index (χ1) is 7.16. The van der Waals surface area contributed by atoms with Gasteiger partial charge >= 0.3 is 5.97 Å². The van der Waals surface area contributed by atoms with Gasteiger partial charge in [-0.25, -0.2) is 4.79 Å². The number of hydrogen-bond donors (Lipinski definition) is 1. The standard InChI is InChI=1S/C12H20N2O2/c1-7(2)8-9(11(15)16)13-14(6)10(8)12(3,4)5/h7H,1-6H3,(H,15,16). The third kappa shape index (κ3) is 2.10. The summed E-state index contributed by atoms with van der Waals surface area (Å²) in [7, 11) is 1.80. The van der Waals surface area contributed by atoms with Crippen molar-refractivity contribution in [2.24, 2.45) is 7.05 Å². The van der Waals surface area contributed by atoms with E-state index in [0.29, 0.717) is 0 Å². The number of carboxylic acids is 1. The predicted molar refractivity (Wildman–Crippen MR) is 63.0 cm³/mol. The van der Waals surface area contributed by atoms with Crippen molar-refractivity contribution < 1.29 is 9.90 Å². The van der Waals surface area contributed by atoms with Crippen LogP contribution < -0.4 is 0 Å². The average Bonchev–Trinajstić information content (AvgIpc) is 2.41. The van der Waals surface area contributed by atoms with Crippen molar-refractivity contribution in [1.29, 1.82) is 0 Å². The highest BCUT2D eigenvalue weighted by Crippen LogP contribution is 2.32. The molecule has 1 aromatic heterocycles. The first kappa shape index (κ1) is 12.7. The van der Waals surface area contributed by atoms with Gasteiger partial charge in [-0.1, -0.05) is 34.6 Å². The van der Waals surface area contributed by atoms with E-state index in [1.54, 1.807) is 11.7 Å². The fraction of sp³-hybridized carbons (Fsp3) is 0.667. The molecule has 1 aromatic rings. The maximum absolute atomic E-state index is 11.1. The van der Waals surface area contributed by atoms with Crippen LogP contribution in [0.4, 0.5) is 0 Å². The number of aromatic carboxylic acids is 1. The third-order valence-corrected chi connectivity index (χ3v) is 2.57. The molecule has 0 atom stereocenters. The molecule has 0 bridgehead atoms. The molecular formula is C12H20N2O2. The van der Waals surface area contributed by atoms with Crippen molar-refractivity contribution in [3.63, 3.8) is 0 Å². The van der Waals surface area contributed by atoms with Gasteiger partial charge in [0.2, 0.25) is 0 Å². The molecule has 1 rings (SSSR count). The van der Waals surface area contributed by atoms with Crippen molar-refractivity contribution in [2.45, 2.75) is 46.0 Å². The van der Waals surface area contributed by atoms with E-state index in [9.17, 15) is 4.79 Å². The monoisotopic (exact) mass is 224 g/mol. The van der Waals surface area contributed by atoms with Crippen molar-refractivity contribution in [1.82, 2.24) is 9.78 Å². The zero-order valence-corrected chi connectivity index (χ0v) is 10.8. The zero-order chi connectivity index (χ0) is 12.7. The minimum Gasteiger partial charge on any atom is -0.476 e. The second-order valence-electron chi connectivity index (χ2n) is 5.44. The van der Waals surface area contributed by atoms with Crippen LogP contribution in [-0.4, -0.2) is 20.9 Å². The lowest BCUT2D eigenvalue weighted by Gasteiger charge is -2.22. The quantitative estimate of drug-likeness (QED) is 0.839. The summed E-state index contributed by atoms with van der Waals surface area (Å²) in [6.07, 6.45) is 0. The van der Waals surface area contributed by atoms with E-state index in [1.165, 1.54) is 0 Å². The second kappa shape index (κ2) is 3.92. The lowest BCUT2D eigenvalue weighted by molar-refractivity contribution is 0.0688. The molecule has 4 nitrogen and oxygen atoms in total. The Bertz CT molecular complexity index is 411. The molecule has 0 unspecified atom stereocenters. The molecule has 4 heteroatoms. The molecule has 0 saturated carbocycles. The Morgan fingerprint density at radius 3 is 2.19 bits per heavy atom. The van der Waals surface area contributed by atoms with Gasteiger partial charge in [-0.2, -0.15) is 5.10 Å². The molecule has 0 radical (unpaired) electrons. The van der Waals surface area contributed by atoms with E-state index in [-0.39, 0.29) is 17.0 Å². The second-order valence-corrected chi connectivity index (χ2v) is 5.44.